The zero-order valence-corrected chi connectivity index (χ0v) is 34.3. The van der Waals surface area contributed by atoms with Crippen LogP contribution in [0.15, 0.2) is 0 Å². The molecule has 10 heteroatoms. The van der Waals surface area contributed by atoms with Gasteiger partial charge in [-0.15, -0.1) is 0 Å². The molecule has 0 amide bonds. The predicted octanol–water partition coefficient (Wildman–Crippen LogP) is 12.1. The van der Waals surface area contributed by atoms with Crippen molar-refractivity contribution in [1.29, 1.82) is 0 Å². The molecule has 304 valence electrons. The average molecular weight is 748 g/mol. The number of esters is 2. The minimum atomic E-state index is -4.36. The van der Waals surface area contributed by atoms with Crippen molar-refractivity contribution in [3.8, 4) is 0 Å². The van der Waals surface area contributed by atoms with Crippen LogP contribution in [0.3, 0.4) is 0 Å². The smallest absolute Gasteiger partial charge is 0.462 e. The number of hydrogen-bond acceptors (Lipinski definition) is 8. The van der Waals surface area contributed by atoms with Crippen LogP contribution in [0.4, 0.5) is 0 Å². The highest BCUT2D eigenvalue weighted by atomic mass is 31.2. The summed E-state index contributed by atoms with van der Waals surface area (Å²) in [6, 6.07) is 0. The van der Waals surface area contributed by atoms with Crippen molar-refractivity contribution in [2.75, 3.05) is 26.4 Å². The lowest BCUT2D eigenvalue weighted by Crippen LogP contribution is -2.29. The number of hydrogen-bond donors (Lipinski definition) is 2. The molecule has 1 unspecified atom stereocenters. The Labute approximate surface area is 314 Å². The summed E-state index contributed by atoms with van der Waals surface area (Å²) in [5, 5.41) is 0. The van der Waals surface area contributed by atoms with E-state index in [1.54, 1.807) is 0 Å². The van der Waals surface area contributed by atoms with Gasteiger partial charge in [0.25, 0.3) is 0 Å². The Morgan fingerprint density at radius 3 is 1.20 bits per heavy atom. The fourth-order valence-electron chi connectivity index (χ4n) is 6.28. The highest BCUT2D eigenvalue weighted by Gasteiger charge is 2.26. The number of rotatable bonds is 41. The van der Waals surface area contributed by atoms with E-state index in [-0.39, 0.29) is 38.6 Å². The van der Waals surface area contributed by atoms with Crippen molar-refractivity contribution in [3.63, 3.8) is 0 Å². The number of unbranched alkanes of at least 4 members (excludes halogenated alkanes) is 28. The third-order valence-electron chi connectivity index (χ3n) is 9.49. The van der Waals surface area contributed by atoms with Crippen LogP contribution in [0.2, 0.25) is 0 Å². The summed E-state index contributed by atoms with van der Waals surface area (Å²) in [4.78, 5) is 34.7. The molecule has 0 saturated heterocycles. The standard InChI is InChI=1S/C41H82NO8P/c1-3-5-7-9-11-13-14-15-16-17-18-19-20-21-22-23-24-26-28-30-32-34-41(44)50-39(38-49-51(45,46)48-36-35-42)37-47-40(43)33-31-29-27-25-12-10-8-6-4-2/h39H,3-38,42H2,1-2H3,(H,45,46)/t39-/m1/s1. The molecule has 0 aromatic rings. The first-order valence-corrected chi connectivity index (χ1v) is 23.0. The minimum absolute atomic E-state index is 0.0578. The Hall–Kier alpha value is -0.990. The molecule has 0 radical (unpaired) electrons. The second-order valence-electron chi connectivity index (χ2n) is 14.6. The first kappa shape index (κ1) is 50.0. The molecule has 0 bridgehead atoms. The van der Waals surface area contributed by atoms with Crippen LogP contribution >= 0.6 is 7.82 Å². The highest BCUT2D eigenvalue weighted by molar-refractivity contribution is 7.47. The number of carbonyl (C=O) groups is 2. The molecule has 0 rings (SSSR count). The summed E-state index contributed by atoms with van der Waals surface area (Å²) in [7, 11) is -4.36. The summed E-state index contributed by atoms with van der Waals surface area (Å²) in [6.07, 6.45) is 37.2. The van der Waals surface area contributed by atoms with Gasteiger partial charge in [0.15, 0.2) is 6.10 Å². The summed E-state index contributed by atoms with van der Waals surface area (Å²) in [5.74, 6) is -0.818. The first-order valence-electron chi connectivity index (χ1n) is 21.5. The lowest BCUT2D eigenvalue weighted by atomic mass is 10.0. The van der Waals surface area contributed by atoms with E-state index in [1.165, 1.54) is 154 Å². The van der Waals surface area contributed by atoms with Crippen LogP contribution in [-0.2, 0) is 32.7 Å². The highest BCUT2D eigenvalue weighted by Crippen LogP contribution is 2.43. The molecule has 9 nitrogen and oxygen atoms in total. The third kappa shape index (κ3) is 38.5. The zero-order chi connectivity index (χ0) is 37.5. The summed E-state index contributed by atoms with van der Waals surface area (Å²) < 4.78 is 32.7. The Morgan fingerprint density at radius 1 is 0.510 bits per heavy atom. The molecule has 51 heavy (non-hydrogen) atoms. The van der Waals surface area contributed by atoms with Crippen molar-refractivity contribution >= 4 is 19.8 Å². The van der Waals surface area contributed by atoms with E-state index in [0.29, 0.717) is 6.42 Å². The Morgan fingerprint density at radius 2 is 0.843 bits per heavy atom. The molecule has 0 aliphatic carbocycles. The molecule has 0 heterocycles. The van der Waals surface area contributed by atoms with Gasteiger partial charge in [-0.3, -0.25) is 18.6 Å². The second-order valence-corrected chi connectivity index (χ2v) is 16.0. The van der Waals surface area contributed by atoms with Gasteiger partial charge in [0, 0.05) is 19.4 Å². The van der Waals surface area contributed by atoms with Gasteiger partial charge in [0.05, 0.1) is 13.2 Å². The molecule has 0 spiro atoms. The summed E-state index contributed by atoms with van der Waals surface area (Å²) in [6.45, 7) is 3.74. The van der Waals surface area contributed by atoms with Gasteiger partial charge in [-0.2, -0.15) is 0 Å². The largest absolute Gasteiger partial charge is 0.472 e. The molecular weight excluding hydrogens is 665 g/mol. The van der Waals surface area contributed by atoms with E-state index in [4.69, 9.17) is 24.3 Å². The molecule has 2 atom stereocenters. The average Bonchev–Trinajstić information content (AvgIpc) is 3.11. The molecule has 0 aromatic heterocycles. The SMILES string of the molecule is CCCCCCCCCCCCCCCCCCCCCCCC(=O)O[C@H](COC(=O)CCCCCCCCCCC)COP(=O)(O)OCCN. The normalized spacial score (nSPS) is 13.3. The van der Waals surface area contributed by atoms with Gasteiger partial charge in [-0.05, 0) is 12.8 Å². The molecule has 3 N–H and O–H groups in total. The van der Waals surface area contributed by atoms with Gasteiger partial charge >= 0.3 is 19.8 Å². The fraction of sp³-hybridized carbons (Fsp3) is 0.951. The van der Waals surface area contributed by atoms with Crippen LogP contribution in [0.5, 0.6) is 0 Å². The molecular formula is C41H82NO8P. The van der Waals surface area contributed by atoms with E-state index in [2.05, 4.69) is 13.8 Å². The van der Waals surface area contributed by atoms with E-state index in [9.17, 15) is 19.0 Å². The van der Waals surface area contributed by atoms with Crippen molar-refractivity contribution in [3.05, 3.63) is 0 Å². The predicted molar refractivity (Wildman–Crippen MR) is 211 cm³/mol. The zero-order valence-electron chi connectivity index (χ0n) is 33.4. The Balaban J connectivity index is 4.00. The Bertz CT molecular complexity index is 815. The molecule has 0 aliphatic rings. The van der Waals surface area contributed by atoms with Crippen molar-refractivity contribution < 1.29 is 37.6 Å². The maximum Gasteiger partial charge on any atom is 0.472 e. The van der Waals surface area contributed by atoms with Crippen LogP contribution in [-0.4, -0.2) is 49.3 Å². The molecule has 0 saturated carbocycles. The quantitative estimate of drug-likeness (QED) is 0.0356. The van der Waals surface area contributed by atoms with Gasteiger partial charge < -0.3 is 20.1 Å². The van der Waals surface area contributed by atoms with Crippen molar-refractivity contribution in [1.82, 2.24) is 0 Å². The van der Waals surface area contributed by atoms with Gasteiger partial charge in [0.2, 0.25) is 0 Å². The van der Waals surface area contributed by atoms with Crippen LogP contribution in [0, 0.1) is 0 Å². The van der Waals surface area contributed by atoms with E-state index >= 15 is 0 Å². The monoisotopic (exact) mass is 748 g/mol. The summed E-state index contributed by atoms with van der Waals surface area (Å²) in [5.41, 5.74) is 5.34. The number of phosphoric ester groups is 1. The van der Waals surface area contributed by atoms with Crippen molar-refractivity contribution in [2.45, 2.75) is 225 Å². The maximum absolute atomic E-state index is 12.6. The fourth-order valence-corrected chi connectivity index (χ4v) is 7.05. The van der Waals surface area contributed by atoms with Gasteiger partial charge in [-0.25, -0.2) is 4.57 Å². The minimum Gasteiger partial charge on any atom is -0.462 e. The molecule has 0 fully saturated rings. The third-order valence-corrected chi connectivity index (χ3v) is 10.5. The van der Waals surface area contributed by atoms with Crippen LogP contribution in [0.1, 0.15) is 219 Å². The lowest BCUT2D eigenvalue weighted by molar-refractivity contribution is -0.161. The summed E-state index contributed by atoms with van der Waals surface area (Å²) >= 11 is 0. The van der Waals surface area contributed by atoms with E-state index in [0.717, 1.165) is 32.1 Å². The topological polar surface area (TPSA) is 134 Å². The molecule has 0 aromatic carbocycles. The van der Waals surface area contributed by atoms with Gasteiger partial charge in [0.1, 0.15) is 6.61 Å². The van der Waals surface area contributed by atoms with Crippen LogP contribution < -0.4 is 5.73 Å². The van der Waals surface area contributed by atoms with E-state index in [1.807, 2.05) is 0 Å². The number of ether oxygens (including phenoxy) is 2. The van der Waals surface area contributed by atoms with Crippen LogP contribution in [0.25, 0.3) is 0 Å². The molecule has 0 aliphatic heterocycles. The lowest BCUT2D eigenvalue weighted by Gasteiger charge is -2.19. The van der Waals surface area contributed by atoms with Gasteiger partial charge in [-0.1, -0.05) is 194 Å². The number of nitrogens with two attached hydrogens (primary N) is 1. The van der Waals surface area contributed by atoms with E-state index < -0.39 is 26.5 Å². The second kappa shape index (κ2) is 38.7. The number of carbonyl (C=O) groups excluding carboxylic acids is 2. The maximum atomic E-state index is 12.6. The number of phosphoric acid groups is 1. The first-order chi connectivity index (χ1) is 24.8. The van der Waals surface area contributed by atoms with Crippen molar-refractivity contribution in [2.24, 2.45) is 5.73 Å². The Kier molecular flexibility index (Phi) is 38.0.